The lowest BCUT2D eigenvalue weighted by Crippen LogP contribution is -2.28. The highest BCUT2D eigenvalue weighted by Crippen LogP contribution is 2.18. The number of rotatable bonds is 3. The molecule has 0 radical (unpaired) electrons. The molecule has 0 spiro atoms. The van der Waals surface area contributed by atoms with Gasteiger partial charge in [-0.3, -0.25) is 0 Å². The lowest BCUT2D eigenvalue weighted by atomic mass is 10.3. The predicted octanol–water partition coefficient (Wildman–Crippen LogP) is 0.325. The summed E-state index contributed by atoms with van der Waals surface area (Å²) in [6, 6.07) is 3.23. The van der Waals surface area contributed by atoms with E-state index in [1.54, 1.807) is 6.07 Å². The van der Waals surface area contributed by atoms with Gasteiger partial charge in [-0.15, -0.1) is 0 Å². The summed E-state index contributed by atoms with van der Waals surface area (Å²) in [5.41, 5.74) is 6.26. The number of hydrogen-bond acceptors (Lipinski definition) is 4. The van der Waals surface area contributed by atoms with E-state index in [0.717, 1.165) is 18.4 Å². The van der Waals surface area contributed by atoms with Gasteiger partial charge >= 0.3 is 0 Å². The van der Waals surface area contributed by atoms with Gasteiger partial charge in [0.15, 0.2) is 5.03 Å². The van der Waals surface area contributed by atoms with Gasteiger partial charge in [-0.25, -0.2) is 13.4 Å². The number of hydrogen-bond donors (Lipinski definition) is 1. The average molecular weight is 241 g/mol. The Kier molecular flexibility index (Phi) is 3.22. The summed E-state index contributed by atoms with van der Waals surface area (Å²) in [5.74, 6) is 0. The van der Waals surface area contributed by atoms with Crippen LogP contribution in [0.1, 0.15) is 18.4 Å². The Labute approximate surface area is 95.3 Å². The van der Waals surface area contributed by atoms with E-state index in [1.807, 2.05) is 0 Å². The molecule has 1 aliphatic rings. The van der Waals surface area contributed by atoms with Crippen LogP contribution in [0.25, 0.3) is 0 Å². The highest BCUT2D eigenvalue weighted by atomic mass is 32.2. The van der Waals surface area contributed by atoms with Gasteiger partial charge in [0.05, 0.1) is 0 Å². The van der Waals surface area contributed by atoms with Crippen molar-refractivity contribution >= 4 is 10.0 Å². The molecule has 1 aromatic rings. The zero-order valence-corrected chi connectivity index (χ0v) is 9.78. The van der Waals surface area contributed by atoms with Gasteiger partial charge in [0, 0.05) is 25.8 Å². The van der Waals surface area contributed by atoms with Crippen molar-refractivity contribution in [2.45, 2.75) is 24.4 Å². The Balaban J connectivity index is 2.28. The first-order chi connectivity index (χ1) is 7.64. The summed E-state index contributed by atoms with van der Waals surface area (Å²) < 4.78 is 25.6. The predicted molar refractivity (Wildman–Crippen MR) is 60.1 cm³/mol. The number of nitrogens with zero attached hydrogens (tertiary/aromatic N) is 2. The molecule has 2 rings (SSSR count). The molecular weight excluding hydrogens is 226 g/mol. The van der Waals surface area contributed by atoms with Crippen LogP contribution in [0.5, 0.6) is 0 Å². The van der Waals surface area contributed by atoms with E-state index in [2.05, 4.69) is 4.98 Å². The third kappa shape index (κ3) is 2.09. The maximum atomic E-state index is 12.1. The van der Waals surface area contributed by atoms with Gasteiger partial charge in [0.2, 0.25) is 0 Å². The molecule has 16 heavy (non-hydrogen) atoms. The molecule has 1 saturated heterocycles. The van der Waals surface area contributed by atoms with Crippen molar-refractivity contribution in [3.8, 4) is 0 Å². The Bertz CT molecular complexity index is 449. The van der Waals surface area contributed by atoms with Crippen LogP contribution >= 0.6 is 0 Å². The molecular formula is C10H15N3O2S. The summed E-state index contributed by atoms with van der Waals surface area (Å²) in [5, 5.41) is 0.117. The second-order valence-electron chi connectivity index (χ2n) is 3.82. The van der Waals surface area contributed by atoms with Crippen molar-refractivity contribution in [2.75, 3.05) is 13.1 Å². The quantitative estimate of drug-likeness (QED) is 0.827. The zero-order valence-electron chi connectivity index (χ0n) is 8.96. The van der Waals surface area contributed by atoms with E-state index in [-0.39, 0.29) is 5.03 Å². The van der Waals surface area contributed by atoms with Crippen molar-refractivity contribution in [3.05, 3.63) is 23.9 Å². The number of aromatic nitrogens is 1. The molecule has 0 bridgehead atoms. The fraction of sp³-hybridized carbons (Fsp3) is 0.500. The van der Waals surface area contributed by atoms with Crippen LogP contribution in [0.15, 0.2) is 23.4 Å². The fourth-order valence-electron chi connectivity index (χ4n) is 1.75. The van der Waals surface area contributed by atoms with Crippen LogP contribution in [0, 0.1) is 0 Å². The van der Waals surface area contributed by atoms with E-state index < -0.39 is 10.0 Å². The third-order valence-electron chi connectivity index (χ3n) is 2.70. The van der Waals surface area contributed by atoms with E-state index in [9.17, 15) is 8.42 Å². The topological polar surface area (TPSA) is 76.3 Å². The molecule has 0 aliphatic carbocycles. The molecule has 6 heteroatoms. The van der Waals surface area contributed by atoms with Gasteiger partial charge in [0.1, 0.15) is 0 Å². The van der Waals surface area contributed by atoms with Crippen LogP contribution in [-0.4, -0.2) is 30.8 Å². The first kappa shape index (κ1) is 11.5. The molecule has 88 valence electrons. The third-order valence-corrected chi connectivity index (χ3v) is 4.52. The highest BCUT2D eigenvalue weighted by Gasteiger charge is 2.27. The van der Waals surface area contributed by atoms with E-state index in [4.69, 9.17) is 5.73 Å². The minimum absolute atomic E-state index is 0.117. The van der Waals surface area contributed by atoms with Crippen molar-refractivity contribution in [3.63, 3.8) is 0 Å². The number of pyridine rings is 1. The molecule has 0 saturated carbocycles. The van der Waals surface area contributed by atoms with E-state index in [0.29, 0.717) is 19.6 Å². The van der Waals surface area contributed by atoms with Crippen molar-refractivity contribution in [2.24, 2.45) is 5.73 Å². The number of sulfonamides is 1. The van der Waals surface area contributed by atoms with Crippen LogP contribution in [0.3, 0.4) is 0 Å². The number of nitrogens with two attached hydrogens (primary N) is 1. The zero-order chi connectivity index (χ0) is 11.6. The first-order valence-electron chi connectivity index (χ1n) is 5.30. The van der Waals surface area contributed by atoms with Gasteiger partial charge in [0.25, 0.3) is 10.0 Å². The maximum Gasteiger partial charge on any atom is 0.260 e. The summed E-state index contributed by atoms with van der Waals surface area (Å²) >= 11 is 0. The summed E-state index contributed by atoms with van der Waals surface area (Å²) in [4.78, 5) is 3.96. The standard InChI is InChI=1S/C10H15N3O2S/c11-7-9-3-4-10(12-8-9)16(14,15)13-5-1-2-6-13/h3-4,8H,1-2,5-7,11H2. The second-order valence-corrected chi connectivity index (χ2v) is 5.70. The van der Waals surface area contributed by atoms with Crippen molar-refractivity contribution in [1.29, 1.82) is 0 Å². The minimum atomic E-state index is -3.38. The van der Waals surface area contributed by atoms with E-state index in [1.165, 1.54) is 16.6 Å². The molecule has 2 N–H and O–H groups in total. The Morgan fingerprint density at radius 2 is 2.00 bits per heavy atom. The van der Waals surface area contributed by atoms with Crippen LogP contribution < -0.4 is 5.73 Å². The lowest BCUT2D eigenvalue weighted by molar-refractivity contribution is 0.474. The molecule has 2 heterocycles. The monoisotopic (exact) mass is 241 g/mol. The van der Waals surface area contributed by atoms with Gasteiger partial charge in [-0.2, -0.15) is 4.31 Å². The van der Waals surface area contributed by atoms with Crippen molar-refractivity contribution in [1.82, 2.24) is 9.29 Å². The van der Waals surface area contributed by atoms with Crippen LogP contribution in [0.2, 0.25) is 0 Å². The van der Waals surface area contributed by atoms with Crippen LogP contribution in [-0.2, 0) is 16.6 Å². The normalized spacial score (nSPS) is 17.8. The lowest BCUT2D eigenvalue weighted by Gasteiger charge is -2.14. The Morgan fingerprint density at radius 3 is 2.50 bits per heavy atom. The largest absolute Gasteiger partial charge is 0.326 e. The maximum absolute atomic E-state index is 12.1. The summed E-state index contributed by atoms with van der Waals surface area (Å²) in [7, 11) is -3.38. The first-order valence-corrected chi connectivity index (χ1v) is 6.74. The van der Waals surface area contributed by atoms with Gasteiger partial charge < -0.3 is 5.73 Å². The smallest absolute Gasteiger partial charge is 0.260 e. The van der Waals surface area contributed by atoms with Gasteiger partial charge in [-0.05, 0) is 24.5 Å². The summed E-state index contributed by atoms with van der Waals surface area (Å²) in [6.45, 7) is 1.57. The van der Waals surface area contributed by atoms with Crippen LogP contribution in [0.4, 0.5) is 0 Å². The highest BCUT2D eigenvalue weighted by molar-refractivity contribution is 7.89. The average Bonchev–Trinajstić information content (AvgIpc) is 2.83. The molecule has 0 atom stereocenters. The SMILES string of the molecule is NCc1ccc(S(=O)(=O)N2CCCC2)nc1. The molecule has 1 aromatic heterocycles. The molecule has 1 fully saturated rings. The molecule has 5 nitrogen and oxygen atoms in total. The molecule has 0 unspecified atom stereocenters. The van der Waals surface area contributed by atoms with Crippen molar-refractivity contribution < 1.29 is 8.42 Å². The summed E-state index contributed by atoms with van der Waals surface area (Å²) in [6.07, 6.45) is 3.38. The second kappa shape index (κ2) is 4.48. The Morgan fingerprint density at radius 1 is 1.31 bits per heavy atom. The fourth-order valence-corrected chi connectivity index (χ4v) is 3.17. The van der Waals surface area contributed by atoms with Gasteiger partial charge in [-0.1, -0.05) is 6.07 Å². The minimum Gasteiger partial charge on any atom is -0.326 e. The Hall–Kier alpha value is -0.980. The molecule has 0 aromatic carbocycles. The molecule has 0 amide bonds. The molecule has 1 aliphatic heterocycles. The van der Waals surface area contributed by atoms with E-state index >= 15 is 0 Å².